The van der Waals surface area contributed by atoms with E-state index in [-0.39, 0.29) is 29.8 Å². The number of amides is 3. The number of urea groups is 1. The van der Waals surface area contributed by atoms with Crippen LogP contribution in [0.4, 0.5) is 16.3 Å². The maximum atomic E-state index is 13.1. The van der Waals surface area contributed by atoms with Gasteiger partial charge in [-0.3, -0.25) is 4.79 Å². The van der Waals surface area contributed by atoms with Gasteiger partial charge in [-0.05, 0) is 48.7 Å². The van der Waals surface area contributed by atoms with E-state index in [1.54, 1.807) is 28.9 Å². The minimum Gasteiger partial charge on any atom is -0.315 e. The average molecular weight is 496 g/mol. The number of aryl methyl sites for hydroxylation is 1. The summed E-state index contributed by atoms with van der Waals surface area (Å²) >= 11 is 6.04. The molecule has 3 amide bonds. The molecule has 0 aliphatic rings. The lowest BCUT2D eigenvalue weighted by atomic mass is 9.92. The quantitative estimate of drug-likeness (QED) is 0.406. The number of aromatic nitrogens is 2. The molecule has 3 aromatic rings. The predicted molar refractivity (Wildman–Crippen MR) is 143 cm³/mol. The molecule has 0 aliphatic heterocycles. The summed E-state index contributed by atoms with van der Waals surface area (Å²) in [5.41, 5.74) is 3.17. The minimum absolute atomic E-state index is 0.103. The van der Waals surface area contributed by atoms with Crippen molar-refractivity contribution in [2.24, 2.45) is 5.92 Å². The molecule has 3 rings (SSSR count). The van der Waals surface area contributed by atoms with Crippen LogP contribution < -0.4 is 10.6 Å². The fourth-order valence-corrected chi connectivity index (χ4v) is 3.77. The maximum absolute atomic E-state index is 13.1. The molecule has 7 nitrogen and oxygen atoms in total. The first-order valence-electron chi connectivity index (χ1n) is 11.7. The highest BCUT2D eigenvalue weighted by atomic mass is 35.5. The van der Waals surface area contributed by atoms with Gasteiger partial charge in [-0.25, -0.2) is 9.48 Å². The van der Waals surface area contributed by atoms with Gasteiger partial charge in [0.1, 0.15) is 12.4 Å². The largest absolute Gasteiger partial charge is 0.322 e. The van der Waals surface area contributed by atoms with Crippen molar-refractivity contribution in [1.82, 2.24) is 14.7 Å². The summed E-state index contributed by atoms with van der Waals surface area (Å²) in [6.45, 7) is 12.6. The summed E-state index contributed by atoms with van der Waals surface area (Å²) in [6, 6.07) is 16.4. The summed E-state index contributed by atoms with van der Waals surface area (Å²) in [5.74, 6) is 0.435. The molecule has 1 heterocycles. The van der Waals surface area contributed by atoms with Crippen LogP contribution in [0.5, 0.6) is 0 Å². The topological polar surface area (TPSA) is 79.3 Å². The molecule has 1 aromatic heterocycles. The van der Waals surface area contributed by atoms with Crippen LogP contribution in [0, 0.1) is 12.8 Å². The molecular formula is C27H34ClN5O2. The lowest BCUT2D eigenvalue weighted by Crippen LogP contribution is -2.42. The zero-order valence-corrected chi connectivity index (χ0v) is 22.0. The Morgan fingerprint density at radius 3 is 2.40 bits per heavy atom. The minimum atomic E-state index is -0.362. The second-order valence-electron chi connectivity index (χ2n) is 10.2. The van der Waals surface area contributed by atoms with Crippen molar-refractivity contribution < 1.29 is 9.59 Å². The number of benzene rings is 2. The molecule has 2 aromatic carbocycles. The lowest BCUT2D eigenvalue weighted by Gasteiger charge is -2.24. The van der Waals surface area contributed by atoms with Crippen molar-refractivity contribution >= 4 is 35.0 Å². The average Bonchev–Trinajstić information content (AvgIpc) is 3.17. The third-order valence-electron chi connectivity index (χ3n) is 5.27. The molecule has 0 spiro atoms. The van der Waals surface area contributed by atoms with Gasteiger partial charge in [0.25, 0.3) is 0 Å². The number of carbonyl (C=O) groups excluding carboxylic acids is 2. The highest BCUT2D eigenvalue weighted by Gasteiger charge is 2.23. The second-order valence-corrected chi connectivity index (χ2v) is 10.6. The molecular weight excluding hydrogens is 462 g/mol. The highest BCUT2D eigenvalue weighted by Crippen LogP contribution is 2.26. The molecule has 0 saturated carbocycles. The predicted octanol–water partition coefficient (Wildman–Crippen LogP) is 6.26. The van der Waals surface area contributed by atoms with Gasteiger partial charge in [0, 0.05) is 28.7 Å². The molecule has 0 bridgehead atoms. The Labute approximate surface area is 212 Å². The van der Waals surface area contributed by atoms with Gasteiger partial charge < -0.3 is 15.5 Å². The monoisotopic (exact) mass is 495 g/mol. The Kier molecular flexibility index (Phi) is 8.22. The Morgan fingerprint density at radius 2 is 1.77 bits per heavy atom. The Bertz CT molecular complexity index is 1200. The molecule has 0 aliphatic carbocycles. The van der Waals surface area contributed by atoms with Crippen LogP contribution in [0.2, 0.25) is 5.02 Å². The van der Waals surface area contributed by atoms with Crippen molar-refractivity contribution in [3.63, 3.8) is 0 Å². The third-order valence-corrected chi connectivity index (χ3v) is 5.51. The maximum Gasteiger partial charge on any atom is 0.322 e. The van der Waals surface area contributed by atoms with Crippen LogP contribution >= 0.6 is 11.6 Å². The second kappa shape index (κ2) is 11.0. The number of hydrogen-bond donors (Lipinski definition) is 2. The van der Waals surface area contributed by atoms with Gasteiger partial charge >= 0.3 is 6.03 Å². The van der Waals surface area contributed by atoms with Gasteiger partial charge in [-0.2, -0.15) is 5.10 Å². The molecule has 2 N–H and O–H groups in total. The van der Waals surface area contributed by atoms with E-state index in [0.717, 1.165) is 16.9 Å². The van der Waals surface area contributed by atoms with E-state index in [1.807, 2.05) is 51.1 Å². The van der Waals surface area contributed by atoms with E-state index in [2.05, 4.69) is 31.4 Å². The SMILES string of the molecule is Cc1cccc(-n2nc(C(C)(C)C)cc2NC(=O)CN(CC(C)C)C(=O)Nc2cccc(Cl)c2)c1. The van der Waals surface area contributed by atoms with Crippen molar-refractivity contribution in [3.05, 3.63) is 70.9 Å². The zero-order valence-electron chi connectivity index (χ0n) is 21.2. The van der Waals surface area contributed by atoms with Gasteiger partial charge in [0.2, 0.25) is 5.91 Å². The fourth-order valence-electron chi connectivity index (χ4n) is 3.58. The van der Waals surface area contributed by atoms with E-state index in [0.29, 0.717) is 23.1 Å². The van der Waals surface area contributed by atoms with E-state index in [4.69, 9.17) is 16.7 Å². The number of carbonyl (C=O) groups is 2. The zero-order chi connectivity index (χ0) is 25.8. The van der Waals surface area contributed by atoms with Gasteiger partial charge in [-0.1, -0.05) is 64.4 Å². The first-order chi connectivity index (χ1) is 16.4. The van der Waals surface area contributed by atoms with Crippen LogP contribution in [0.1, 0.15) is 45.9 Å². The number of anilines is 2. The molecule has 0 unspecified atom stereocenters. The molecule has 35 heavy (non-hydrogen) atoms. The first kappa shape index (κ1) is 26.3. The third kappa shape index (κ3) is 7.33. The van der Waals surface area contributed by atoms with Crippen LogP contribution in [0.3, 0.4) is 0 Å². The van der Waals surface area contributed by atoms with E-state index >= 15 is 0 Å². The fraction of sp³-hybridized carbons (Fsp3) is 0.370. The standard InChI is InChI=1S/C27H34ClN5O2/c1-18(2)16-32(26(35)29-21-11-8-10-20(28)14-21)17-25(34)30-24-15-23(27(4,5)6)31-33(24)22-12-7-9-19(3)13-22/h7-15,18H,16-17H2,1-6H3,(H,29,35)(H,30,34). The summed E-state index contributed by atoms with van der Waals surface area (Å²) in [6.07, 6.45) is 0. The molecule has 186 valence electrons. The summed E-state index contributed by atoms with van der Waals surface area (Å²) in [5, 5.41) is 11.1. The van der Waals surface area contributed by atoms with Crippen LogP contribution in [-0.4, -0.2) is 39.7 Å². The number of rotatable bonds is 7. The molecule has 0 atom stereocenters. The van der Waals surface area contributed by atoms with E-state index < -0.39 is 0 Å². The summed E-state index contributed by atoms with van der Waals surface area (Å²) in [4.78, 5) is 27.6. The van der Waals surface area contributed by atoms with Crippen molar-refractivity contribution in [2.75, 3.05) is 23.7 Å². The Balaban J connectivity index is 1.82. The summed E-state index contributed by atoms with van der Waals surface area (Å²) < 4.78 is 1.74. The van der Waals surface area contributed by atoms with Gasteiger partial charge in [0.05, 0.1) is 11.4 Å². The van der Waals surface area contributed by atoms with Gasteiger partial charge in [0.15, 0.2) is 0 Å². The molecule has 0 radical (unpaired) electrons. The van der Waals surface area contributed by atoms with Crippen LogP contribution in [0.25, 0.3) is 5.69 Å². The highest BCUT2D eigenvalue weighted by molar-refractivity contribution is 6.30. The lowest BCUT2D eigenvalue weighted by molar-refractivity contribution is -0.116. The van der Waals surface area contributed by atoms with Crippen LogP contribution in [-0.2, 0) is 10.2 Å². The summed E-state index contributed by atoms with van der Waals surface area (Å²) in [7, 11) is 0. The van der Waals surface area contributed by atoms with Crippen molar-refractivity contribution in [1.29, 1.82) is 0 Å². The van der Waals surface area contributed by atoms with Gasteiger partial charge in [-0.15, -0.1) is 0 Å². The number of halogens is 1. The van der Waals surface area contributed by atoms with Crippen molar-refractivity contribution in [3.8, 4) is 5.69 Å². The van der Waals surface area contributed by atoms with Crippen LogP contribution in [0.15, 0.2) is 54.6 Å². The number of hydrogen-bond acceptors (Lipinski definition) is 3. The number of nitrogens with zero attached hydrogens (tertiary/aromatic N) is 3. The van der Waals surface area contributed by atoms with E-state index in [1.165, 1.54) is 4.90 Å². The first-order valence-corrected chi connectivity index (χ1v) is 12.1. The smallest absolute Gasteiger partial charge is 0.315 e. The Morgan fingerprint density at radius 1 is 1.06 bits per heavy atom. The molecule has 8 heteroatoms. The Hall–Kier alpha value is -3.32. The molecule has 0 saturated heterocycles. The number of nitrogens with one attached hydrogen (secondary N) is 2. The normalized spacial score (nSPS) is 11.4. The molecule has 0 fully saturated rings. The van der Waals surface area contributed by atoms with E-state index in [9.17, 15) is 9.59 Å². The van der Waals surface area contributed by atoms with Crippen molar-refractivity contribution in [2.45, 2.75) is 47.0 Å².